The number of ether oxygens (including phenoxy) is 1. The number of rotatable bonds is 10. The summed E-state index contributed by atoms with van der Waals surface area (Å²) >= 11 is 0. The van der Waals surface area contributed by atoms with Crippen LogP contribution in [0.5, 0.6) is 5.75 Å². The number of para-hydroxylation sites is 1. The summed E-state index contributed by atoms with van der Waals surface area (Å²) in [6.45, 7) is 2.38. The van der Waals surface area contributed by atoms with E-state index in [1.54, 1.807) is 0 Å². The highest BCUT2D eigenvalue weighted by Crippen LogP contribution is 2.20. The molecule has 1 aromatic rings. The lowest BCUT2D eigenvalue weighted by Crippen LogP contribution is -2.00. The molecule has 100 valence electrons. The Morgan fingerprint density at radius 2 is 1.78 bits per heavy atom. The number of unbranched alkanes of at least 4 members (excludes halogenated alkanes) is 5. The summed E-state index contributed by atoms with van der Waals surface area (Å²) < 4.78 is 5.41. The standard InChI is InChI=1S/C16H24O2/c1-2-3-4-5-6-7-10-15-11-8-9-12-16(15)18-14-13-17/h8-9,11-13H,2-7,10,14H2,1H3. The second kappa shape index (κ2) is 9.69. The number of carbonyl (C=O) groups excluding carboxylic acids is 1. The molecule has 0 saturated carbocycles. The third kappa shape index (κ3) is 5.85. The van der Waals surface area contributed by atoms with Gasteiger partial charge in [-0.3, -0.25) is 4.79 Å². The summed E-state index contributed by atoms with van der Waals surface area (Å²) in [5, 5.41) is 0. The number of aldehydes is 1. The minimum Gasteiger partial charge on any atom is -0.486 e. The van der Waals surface area contributed by atoms with E-state index in [0.29, 0.717) is 0 Å². The van der Waals surface area contributed by atoms with Gasteiger partial charge < -0.3 is 4.74 Å². The van der Waals surface area contributed by atoms with Gasteiger partial charge in [0.2, 0.25) is 0 Å². The molecule has 0 aromatic heterocycles. The number of hydrogen-bond donors (Lipinski definition) is 0. The van der Waals surface area contributed by atoms with E-state index in [1.165, 1.54) is 44.1 Å². The van der Waals surface area contributed by atoms with Crippen LogP contribution in [0, 0.1) is 0 Å². The van der Waals surface area contributed by atoms with Crippen molar-refractivity contribution < 1.29 is 9.53 Å². The lowest BCUT2D eigenvalue weighted by molar-refractivity contribution is -0.109. The zero-order chi connectivity index (χ0) is 13.1. The molecule has 0 aliphatic carbocycles. The molecule has 1 aromatic carbocycles. The van der Waals surface area contributed by atoms with E-state index in [-0.39, 0.29) is 6.61 Å². The molecule has 0 aliphatic rings. The number of hydrogen-bond acceptors (Lipinski definition) is 2. The second-order valence-electron chi connectivity index (χ2n) is 4.60. The van der Waals surface area contributed by atoms with Crippen LogP contribution in [-0.4, -0.2) is 12.9 Å². The van der Waals surface area contributed by atoms with Gasteiger partial charge in [0.25, 0.3) is 0 Å². The normalized spacial score (nSPS) is 10.3. The summed E-state index contributed by atoms with van der Waals surface area (Å²) in [4.78, 5) is 10.3. The fourth-order valence-electron chi connectivity index (χ4n) is 2.07. The van der Waals surface area contributed by atoms with E-state index < -0.39 is 0 Å². The Morgan fingerprint density at radius 3 is 2.56 bits per heavy atom. The lowest BCUT2D eigenvalue weighted by atomic mass is 10.0. The Balaban J connectivity index is 2.29. The van der Waals surface area contributed by atoms with Crippen LogP contribution in [0.15, 0.2) is 24.3 Å². The fourth-order valence-corrected chi connectivity index (χ4v) is 2.07. The van der Waals surface area contributed by atoms with Crippen LogP contribution in [0.2, 0.25) is 0 Å². The molecule has 2 heteroatoms. The van der Waals surface area contributed by atoms with Crippen molar-refractivity contribution in [1.29, 1.82) is 0 Å². The zero-order valence-electron chi connectivity index (χ0n) is 11.4. The molecule has 0 unspecified atom stereocenters. The quantitative estimate of drug-likeness (QED) is 0.459. The maximum atomic E-state index is 10.3. The first kappa shape index (κ1) is 14.7. The molecule has 0 fully saturated rings. The van der Waals surface area contributed by atoms with Crippen molar-refractivity contribution in [2.45, 2.75) is 51.9 Å². The summed E-state index contributed by atoms with van der Waals surface area (Å²) in [6, 6.07) is 8.01. The summed E-state index contributed by atoms with van der Waals surface area (Å²) in [6.07, 6.45) is 9.63. The lowest BCUT2D eigenvalue weighted by Gasteiger charge is -2.09. The van der Waals surface area contributed by atoms with Crippen molar-refractivity contribution >= 4 is 6.29 Å². The summed E-state index contributed by atoms with van der Waals surface area (Å²) in [5.74, 6) is 0.859. The molecule has 0 amide bonds. The molecule has 1 rings (SSSR count). The molecular weight excluding hydrogens is 224 g/mol. The molecule has 0 saturated heterocycles. The molecule has 0 bridgehead atoms. The molecule has 0 atom stereocenters. The Labute approximate surface area is 110 Å². The van der Waals surface area contributed by atoms with E-state index in [2.05, 4.69) is 13.0 Å². The number of benzene rings is 1. The van der Waals surface area contributed by atoms with Gasteiger partial charge in [-0.15, -0.1) is 0 Å². The summed E-state index contributed by atoms with van der Waals surface area (Å²) in [7, 11) is 0. The van der Waals surface area contributed by atoms with Gasteiger partial charge in [0, 0.05) is 0 Å². The van der Waals surface area contributed by atoms with E-state index in [1.807, 2.05) is 18.2 Å². The van der Waals surface area contributed by atoms with Gasteiger partial charge in [-0.25, -0.2) is 0 Å². The smallest absolute Gasteiger partial charge is 0.157 e. The molecule has 0 radical (unpaired) electrons. The minimum absolute atomic E-state index is 0.146. The van der Waals surface area contributed by atoms with Gasteiger partial charge in [0.05, 0.1) is 0 Å². The molecule has 0 aliphatic heterocycles. The van der Waals surface area contributed by atoms with Crippen molar-refractivity contribution in [3.63, 3.8) is 0 Å². The molecule has 0 heterocycles. The predicted molar refractivity (Wildman–Crippen MR) is 75.1 cm³/mol. The third-order valence-corrected chi connectivity index (χ3v) is 3.08. The van der Waals surface area contributed by atoms with Crippen molar-refractivity contribution in [2.75, 3.05) is 6.61 Å². The van der Waals surface area contributed by atoms with Crippen molar-refractivity contribution in [1.82, 2.24) is 0 Å². The van der Waals surface area contributed by atoms with Crippen LogP contribution in [-0.2, 0) is 11.2 Å². The molecule has 0 spiro atoms. The predicted octanol–water partition coefficient (Wildman–Crippen LogP) is 4.17. The Morgan fingerprint density at radius 1 is 1.06 bits per heavy atom. The topological polar surface area (TPSA) is 26.3 Å². The largest absolute Gasteiger partial charge is 0.486 e. The average molecular weight is 248 g/mol. The minimum atomic E-state index is 0.146. The van der Waals surface area contributed by atoms with Gasteiger partial charge in [-0.05, 0) is 24.5 Å². The monoisotopic (exact) mass is 248 g/mol. The summed E-state index contributed by atoms with van der Waals surface area (Å²) in [5.41, 5.74) is 1.22. The molecule has 18 heavy (non-hydrogen) atoms. The van der Waals surface area contributed by atoms with Gasteiger partial charge in [-0.1, -0.05) is 57.2 Å². The van der Waals surface area contributed by atoms with Gasteiger partial charge in [-0.2, -0.15) is 0 Å². The van der Waals surface area contributed by atoms with Crippen LogP contribution in [0.3, 0.4) is 0 Å². The highest BCUT2D eigenvalue weighted by Gasteiger charge is 2.02. The fraction of sp³-hybridized carbons (Fsp3) is 0.562. The van der Waals surface area contributed by atoms with E-state index in [4.69, 9.17) is 4.74 Å². The maximum Gasteiger partial charge on any atom is 0.157 e. The highest BCUT2D eigenvalue weighted by molar-refractivity contribution is 5.51. The first-order chi connectivity index (χ1) is 8.88. The maximum absolute atomic E-state index is 10.3. The van der Waals surface area contributed by atoms with Crippen LogP contribution in [0.4, 0.5) is 0 Å². The van der Waals surface area contributed by atoms with Gasteiger partial charge >= 0.3 is 0 Å². The van der Waals surface area contributed by atoms with Crippen LogP contribution in [0.1, 0.15) is 51.0 Å². The van der Waals surface area contributed by atoms with Crippen molar-refractivity contribution in [3.05, 3.63) is 29.8 Å². The first-order valence-corrected chi connectivity index (χ1v) is 7.02. The first-order valence-electron chi connectivity index (χ1n) is 7.02. The van der Waals surface area contributed by atoms with E-state index in [9.17, 15) is 4.79 Å². The van der Waals surface area contributed by atoms with Gasteiger partial charge in [0.15, 0.2) is 6.29 Å². The zero-order valence-corrected chi connectivity index (χ0v) is 11.4. The Hall–Kier alpha value is -1.31. The number of aryl methyl sites for hydroxylation is 1. The van der Waals surface area contributed by atoms with E-state index in [0.717, 1.165) is 18.5 Å². The molecular formula is C16H24O2. The molecule has 0 N–H and O–H groups in total. The van der Waals surface area contributed by atoms with E-state index >= 15 is 0 Å². The van der Waals surface area contributed by atoms with Gasteiger partial charge in [0.1, 0.15) is 12.4 Å². The van der Waals surface area contributed by atoms with Crippen LogP contribution >= 0.6 is 0 Å². The molecule has 2 nitrogen and oxygen atoms in total. The SMILES string of the molecule is CCCCCCCCc1ccccc1OCC=O. The van der Waals surface area contributed by atoms with Crippen molar-refractivity contribution in [3.8, 4) is 5.75 Å². The second-order valence-corrected chi connectivity index (χ2v) is 4.60. The highest BCUT2D eigenvalue weighted by atomic mass is 16.5. The van der Waals surface area contributed by atoms with Crippen LogP contribution in [0.25, 0.3) is 0 Å². The Kier molecular flexibility index (Phi) is 7.94. The third-order valence-electron chi connectivity index (χ3n) is 3.08. The number of carbonyl (C=O) groups is 1. The van der Waals surface area contributed by atoms with Crippen molar-refractivity contribution in [2.24, 2.45) is 0 Å². The Bertz CT molecular complexity index is 334. The van der Waals surface area contributed by atoms with Crippen LogP contribution < -0.4 is 4.74 Å². The average Bonchev–Trinajstić information content (AvgIpc) is 2.41.